The van der Waals surface area contributed by atoms with Crippen LogP contribution in [-0.4, -0.2) is 26.2 Å². The lowest BCUT2D eigenvalue weighted by Crippen LogP contribution is -2.10. The molecule has 0 spiro atoms. The van der Waals surface area contributed by atoms with Gasteiger partial charge in [0.1, 0.15) is 5.82 Å². The van der Waals surface area contributed by atoms with Crippen LogP contribution in [-0.2, 0) is 4.79 Å². The monoisotopic (exact) mass is 290 g/mol. The van der Waals surface area contributed by atoms with Gasteiger partial charge in [-0.05, 0) is 12.5 Å². The summed E-state index contributed by atoms with van der Waals surface area (Å²) in [6.45, 7) is 1.75. The van der Waals surface area contributed by atoms with Crippen LogP contribution in [0.4, 0.5) is 11.5 Å². The zero-order chi connectivity index (χ0) is 15.6. The first-order valence-electron chi connectivity index (χ1n) is 6.16. The van der Waals surface area contributed by atoms with Gasteiger partial charge in [0, 0.05) is 29.3 Å². The number of hydrogen-bond donors (Lipinski definition) is 3. The molecule has 21 heavy (non-hydrogen) atoms. The zero-order valence-electron chi connectivity index (χ0n) is 11.2. The van der Waals surface area contributed by atoms with E-state index in [9.17, 15) is 14.9 Å². The smallest absolute Gasteiger partial charge is 0.304 e. The number of non-ortho nitro benzene ring substituents is 1. The Morgan fingerprint density at radius 3 is 2.52 bits per heavy atom. The summed E-state index contributed by atoms with van der Waals surface area (Å²) >= 11 is 0. The number of nitrogens with two attached hydrogens (primary N) is 1. The highest BCUT2D eigenvalue weighted by Gasteiger charge is 2.24. The number of aliphatic carboxylic acids is 1. The second-order valence-electron chi connectivity index (χ2n) is 4.65. The maximum absolute atomic E-state index is 11.1. The van der Waals surface area contributed by atoms with Crippen LogP contribution in [0.2, 0.25) is 0 Å². The number of hydrogen-bond acceptors (Lipinski definition) is 5. The molecule has 2 aromatic rings. The number of carbonyl (C=O) groups is 1. The Labute approximate surface area is 119 Å². The molecule has 0 saturated carbocycles. The topological polar surface area (TPSA) is 135 Å². The first-order chi connectivity index (χ1) is 9.90. The van der Waals surface area contributed by atoms with E-state index in [0.717, 1.165) is 0 Å². The molecular weight excluding hydrogens is 276 g/mol. The molecule has 0 aliphatic carbocycles. The van der Waals surface area contributed by atoms with E-state index in [1.807, 2.05) is 0 Å². The molecule has 110 valence electrons. The number of carboxylic acids is 1. The average Bonchev–Trinajstić information content (AvgIpc) is 2.76. The minimum absolute atomic E-state index is 0.0512. The maximum atomic E-state index is 11.1. The average molecular weight is 290 g/mol. The molecule has 0 fully saturated rings. The molecule has 0 aliphatic rings. The minimum atomic E-state index is -0.988. The van der Waals surface area contributed by atoms with Crippen molar-refractivity contribution in [2.45, 2.75) is 19.3 Å². The molecule has 0 amide bonds. The molecule has 0 bridgehead atoms. The molecule has 8 nitrogen and oxygen atoms in total. The molecule has 2 rings (SSSR count). The molecule has 4 N–H and O–H groups in total. The predicted octanol–water partition coefficient (Wildman–Crippen LogP) is 1.82. The first-order valence-corrected chi connectivity index (χ1v) is 6.16. The lowest BCUT2D eigenvalue weighted by Gasteiger charge is -2.15. The SMILES string of the molecule is Cc1[nH]nc(N)c1C(CC(=O)O)c1ccc([N+](=O)[O-])cc1. The molecule has 0 radical (unpaired) electrons. The number of anilines is 1. The highest BCUT2D eigenvalue weighted by molar-refractivity contribution is 5.70. The van der Waals surface area contributed by atoms with Gasteiger partial charge in [-0.3, -0.25) is 20.0 Å². The summed E-state index contributed by atoms with van der Waals surface area (Å²) in [5, 5.41) is 26.3. The number of carboxylic acid groups (broad SMARTS) is 1. The van der Waals surface area contributed by atoms with Crippen LogP contribution in [0, 0.1) is 17.0 Å². The van der Waals surface area contributed by atoms with Gasteiger partial charge in [0.15, 0.2) is 0 Å². The molecule has 1 aromatic heterocycles. The predicted molar refractivity (Wildman–Crippen MR) is 74.9 cm³/mol. The Kier molecular flexibility index (Phi) is 3.88. The Balaban J connectivity index is 2.45. The van der Waals surface area contributed by atoms with Crippen LogP contribution in [0.15, 0.2) is 24.3 Å². The van der Waals surface area contributed by atoms with Crippen LogP contribution >= 0.6 is 0 Å². The molecule has 8 heteroatoms. The molecule has 0 saturated heterocycles. The summed E-state index contributed by atoms with van der Waals surface area (Å²) in [4.78, 5) is 21.3. The fourth-order valence-electron chi connectivity index (χ4n) is 2.29. The number of aromatic nitrogens is 2. The van der Waals surface area contributed by atoms with Gasteiger partial charge in [0.05, 0.1) is 11.3 Å². The molecule has 0 aliphatic heterocycles. The van der Waals surface area contributed by atoms with Crippen LogP contribution in [0.3, 0.4) is 0 Å². The van der Waals surface area contributed by atoms with E-state index in [-0.39, 0.29) is 17.9 Å². The summed E-state index contributed by atoms with van der Waals surface area (Å²) < 4.78 is 0. The summed E-state index contributed by atoms with van der Waals surface area (Å²) in [6.07, 6.45) is -0.178. The number of aryl methyl sites for hydroxylation is 1. The summed E-state index contributed by atoms with van der Waals surface area (Å²) in [5.41, 5.74) is 7.66. The van der Waals surface area contributed by atoms with Crippen molar-refractivity contribution in [1.82, 2.24) is 10.2 Å². The van der Waals surface area contributed by atoms with Gasteiger partial charge in [-0.1, -0.05) is 12.1 Å². The number of nitrogens with one attached hydrogen (secondary N) is 1. The van der Waals surface area contributed by atoms with Crippen molar-refractivity contribution in [3.63, 3.8) is 0 Å². The lowest BCUT2D eigenvalue weighted by molar-refractivity contribution is -0.384. The largest absolute Gasteiger partial charge is 0.481 e. The van der Waals surface area contributed by atoms with E-state index >= 15 is 0 Å². The van der Waals surface area contributed by atoms with E-state index in [1.54, 1.807) is 6.92 Å². The van der Waals surface area contributed by atoms with E-state index in [2.05, 4.69) is 10.2 Å². The van der Waals surface area contributed by atoms with Crippen LogP contribution in [0.1, 0.15) is 29.2 Å². The Morgan fingerprint density at radius 1 is 1.48 bits per heavy atom. The molecule has 1 heterocycles. The van der Waals surface area contributed by atoms with Crippen molar-refractivity contribution >= 4 is 17.5 Å². The van der Waals surface area contributed by atoms with Crippen molar-refractivity contribution < 1.29 is 14.8 Å². The van der Waals surface area contributed by atoms with Crippen molar-refractivity contribution in [3.05, 3.63) is 51.2 Å². The highest BCUT2D eigenvalue weighted by atomic mass is 16.6. The number of aromatic amines is 1. The lowest BCUT2D eigenvalue weighted by atomic mass is 9.88. The fraction of sp³-hybridized carbons (Fsp3) is 0.231. The van der Waals surface area contributed by atoms with Gasteiger partial charge in [-0.25, -0.2) is 0 Å². The zero-order valence-corrected chi connectivity index (χ0v) is 11.2. The summed E-state index contributed by atoms with van der Waals surface area (Å²) in [5.74, 6) is -1.27. The number of nitrogens with zero attached hydrogens (tertiary/aromatic N) is 2. The number of H-pyrrole nitrogens is 1. The number of nitro benzene ring substituents is 1. The third kappa shape index (κ3) is 2.99. The van der Waals surface area contributed by atoms with Crippen LogP contribution in [0.25, 0.3) is 0 Å². The van der Waals surface area contributed by atoms with Gasteiger partial charge in [-0.15, -0.1) is 0 Å². The van der Waals surface area contributed by atoms with Crippen molar-refractivity contribution in [2.75, 3.05) is 5.73 Å². The second-order valence-corrected chi connectivity index (χ2v) is 4.65. The quantitative estimate of drug-likeness (QED) is 0.567. The van der Waals surface area contributed by atoms with E-state index in [0.29, 0.717) is 16.8 Å². The van der Waals surface area contributed by atoms with E-state index in [1.165, 1.54) is 24.3 Å². The van der Waals surface area contributed by atoms with Gasteiger partial charge in [-0.2, -0.15) is 5.10 Å². The van der Waals surface area contributed by atoms with Crippen LogP contribution < -0.4 is 5.73 Å². The fourth-order valence-corrected chi connectivity index (χ4v) is 2.29. The number of nitrogen functional groups attached to an aromatic ring is 1. The maximum Gasteiger partial charge on any atom is 0.304 e. The molecule has 1 unspecified atom stereocenters. The number of rotatable bonds is 5. The second kappa shape index (κ2) is 5.61. The standard InChI is InChI=1S/C13H14N4O4/c1-7-12(13(14)16-15-7)10(6-11(18)19)8-2-4-9(5-3-8)17(20)21/h2-5,10H,6H2,1H3,(H,18,19)(H3,14,15,16). The van der Waals surface area contributed by atoms with Crippen LogP contribution in [0.5, 0.6) is 0 Å². The van der Waals surface area contributed by atoms with Crippen molar-refractivity contribution in [2.24, 2.45) is 0 Å². The Bertz CT molecular complexity index is 658. The van der Waals surface area contributed by atoms with Crippen molar-refractivity contribution in [3.8, 4) is 0 Å². The Morgan fingerprint density at radius 2 is 2.10 bits per heavy atom. The minimum Gasteiger partial charge on any atom is -0.481 e. The van der Waals surface area contributed by atoms with Crippen molar-refractivity contribution in [1.29, 1.82) is 0 Å². The normalized spacial score (nSPS) is 12.0. The van der Waals surface area contributed by atoms with Gasteiger partial charge >= 0.3 is 5.97 Å². The third-order valence-electron chi connectivity index (χ3n) is 3.26. The van der Waals surface area contributed by atoms with E-state index < -0.39 is 16.8 Å². The number of nitro groups is 1. The van der Waals surface area contributed by atoms with Gasteiger partial charge in [0.25, 0.3) is 5.69 Å². The third-order valence-corrected chi connectivity index (χ3v) is 3.26. The first kappa shape index (κ1) is 14.5. The molecular formula is C13H14N4O4. The summed E-state index contributed by atoms with van der Waals surface area (Å²) in [6, 6.07) is 5.76. The number of benzene rings is 1. The molecule has 1 aromatic carbocycles. The van der Waals surface area contributed by atoms with Gasteiger partial charge < -0.3 is 10.8 Å². The van der Waals surface area contributed by atoms with E-state index in [4.69, 9.17) is 10.8 Å². The van der Waals surface area contributed by atoms with Gasteiger partial charge in [0.2, 0.25) is 0 Å². The highest BCUT2D eigenvalue weighted by Crippen LogP contribution is 2.33. The summed E-state index contributed by atoms with van der Waals surface area (Å²) in [7, 11) is 0. The Hall–Kier alpha value is -2.90. The molecule has 1 atom stereocenters.